The van der Waals surface area contributed by atoms with Gasteiger partial charge in [0.2, 0.25) is 5.91 Å². The summed E-state index contributed by atoms with van der Waals surface area (Å²) in [5.74, 6) is 1.51. The molecule has 1 N–H and O–H groups in total. The highest BCUT2D eigenvalue weighted by Gasteiger charge is 2.17. The summed E-state index contributed by atoms with van der Waals surface area (Å²) in [6.45, 7) is 2.05. The lowest BCUT2D eigenvalue weighted by atomic mass is 10.0. The number of carbonyl (C=O) groups is 1. The Morgan fingerprint density at radius 3 is 2.47 bits per heavy atom. The topological polar surface area (TPSA) is 69.0 Å². The number of ether oxygens (including phenoxy) is 1. The van der Waals surface area contributed by atoms with Crippen LogP contribution in [-0.2, 0) is 4.79 Å². The van der Waals surface area contributed by atoms with Crippen molar-refractivity contribution in [2.45, 2.75) is 45.4 Å². The molecule has 0 atom stereocenters. The number of methoxy groups -OCH3 is 1. The fourth-order valence-corrected chi connectivity index (χ4v) is 3.99. The third-order valence-electron chi connectivity index (χ3n) is 5.73. The third-order valence-corrected chi connectivity index (χ3v) is 5.73. The Morgan fingerprint density at radius 2 is 1.80 bits per heavy atom. The first-order valence-corrected chi connectivity index (χ1v) is 10.6. The van der Waals surface area contributed by atoms with Crippen molar-refractivity contribution in [2.24, 2.45) is 5.92 Å². The van der Waals surface area contributed by atoms with Gasteiger partial charge in [0.05, 0.1) is 12.8 Å². The molecule has 2 aromatic carbocycles. The number of nitrogens with zero attached hydrogens (tertiary/aromatic N) is 3. The van der Waals surface area contributed by atoms with Crippen molar-refractivity contribution >= 4 is 11.6 Å². The third kappa shape index (κ3) is 4.70. The van der Waals surface area contributed by atoms with Crippen molar-refractivity contribution in [3.05, 3.63) is 54.1 Å². The fourth-order valence-electron chi connectivity index (χ4n) is 3.99. The first-order valence-electron chi connectivity index (χ1n) is 10.6. The van der Waals surface area contributed by atoms with Gasteiger partial charge in [-0.1, -0.05) is 55.5 Å². The number of hydrogen-bond donors (Lipinski definition) is 1. The Kier molecular flexibility index (Phi) is 6.12. The Balaban J connectivity index is 1.47. The Hall–Kier alpha value is -3.15. The van der Waals surface area contributed by atoms with E-state index in [0.717, 1.165) is 29.3 Å². The van der Waals surface area contributed by atoms with Crippen molar-refractivity contribution in [1.29, 1.82) is 0 Å². The number of aryl methyl sites for hydroxylation is 1. The first-order chi connectivity index (χ1) is 14.6. The van der Waals surface area contributed by atoms with E-state index in [1.807, 2.05) is 48.5 Å². The van der Waals surface area contributed by atoms with Crippen molar-refractivity contribution in [3.8, 4) is 23.1 Å². The van der Waals surface area contributed by atoms with E-state index in [4.69, 9.17) is 4.74 Å². The highest BCUT2D eigenvalue weighted by molar-refractivity contribution is 5.90. The molecule has 0 saturated heterocycles. The molecule has 1 fully saturated rings. The molecule has 1 saturated carbocycles. The van der Waals surface area contributed by atoms with Gasteiger partial charge in [0.25, 0.3) is 0 Å². The largest absolute Gasteiger partial charge is 0.466 e. The maximum Gasteiger partial charge on any atom is 0.336 e. The molecule has 0 spiro atoms. The Bertz CT molecular complexity index is 987. The van der Waals surface area contributed by atoms with Crippen LogP contribution in [0.3, 0.4) is 0 Å². The number of nitrogens with one attached hydrogen (secondary N) is 1. The van der Waals surface area contributed by atoms with E-state index in [-0.39, 0.29) is 5.91 Å². The Morgan fingerprint density at radius 1 is 1.10 bits per heavy atom. The van der Waals surface area contributed by atoms with E-state index in [1.54, 1.807) is 11.8 Å². The Labute approximate surface area is 177 Å². The number of rotatable bonds is 7. The van der Waals surface area contributed by atoms with Crippen molar-refractivity contribution in [2.75, 3.05) is 12.4 Å². The SMILES string of the molecule is COc1nc(-c2ccc(C)cc2)n(-c2ccc(NC(=O)CCC3CCCC3)cc2)n1. The molecule has 1 heterocycles. The van der Waals surface area contributed by atoms with Gasteiger partial charge in [0.15, 0.2) is 5.82 Å². The van der Waals surface area contributed by atoms with Gasteiger partial charge in [-0.3, -0.25) is 4.79 Å². The molecule has 6 heteroatoms. The van der Waals surface area contributed by atoms with Crippen LogP contribution in [0.4, 0.5) is 5.69 Å². The monoisotopic (exact) mass is 404 g/mol. The van der Waals surface area contributed by atoms with Gasteiger partial charge in [-0.05, 0) is 43.5 Å². The summed E-state index contributed by atoms with van der Waals surface area (Å²) >= 11 is 0. The molecule has 4 rings (SSSR count). The van der Waals surface area contributed by atoms with Crippen molar-refractivity contribution < 1.29 is 9.53 Å². The lowest BCUT2D eigenvalue weighted by Gasteiger charge is -2.10. The number of hydrogen-bond acceptors (Lipinski definition) is 4. The van der Waals surface area contributed by atoms with Crippen molar-refractivity contribution in [1.82, 2.24) is 14.8 Å². The van der Waals surface area contributed by atoms with Gasteiger partial charge in [-0.15, -0.1) is 5.10 Å². The van der Waals surface area contributed by atoms with E-state index in [0.29, 0.717) is 18.3 Å². The van der Waals surface area contributed by atoms with Crippen molar-refractivity contribution in [3.63, 3.8) is 0 Å². The van der Waals surface area contributed by atoms with E-state index in [9.17, 15) is 4.79 Å². The molecule has 3 aromatic rings. The fraction of sp³-hybridized carbons (Fsp3) is 0.375. The zero-order chi connectivity index (χ0) is 20.9. The minimum Gasteiger partial charge on any atom is -0.466 e. The van der Waals surface area contributed by atoms with Gasteiger partial charge < -0.3 is 10.1 Å². The van der Waals surface area contributed by atoms with Crippen LogP contribution < -0.4 is 10.1 Å². The average molecular weight is 405 g/mol. The zero-order valence-electron chi connectivity index (χ0n) is 17.6. The van der Waals surface area contributed by atoms with Gasteiger partial charge in [-0.25, -0.2) is 4.68 Å². The van der Waals surface area contributed by atoms with Gasteiger partial charge >= 0.3 is 6.01 Å². The summed E-state index contributed by atoms with van der Waals surface area (Å²) in [6.07, 6.45) is 6.74. The minimum absolute atomic E-state index is 0.0809. The average Bonchev–Trinajstić information content (AvgIpc) is 3.43. The van der Waals surface area contributed by atoms with E-state index in [2.05, 4.69) is 22.3 Å². The number of aromatic nitrogens is 3. The molecule has 6 nitrogen and oxygen atoms in total. The van der Waals surface area contributed by atoms with Gasteiger partial charge in [0.1, 0.15) is 0 Å². The molecular weight excluding hydrogens is 376 g/mol. The summed E-state index contributed by atoms with van der Waals surface area (Å²) in [5.41, 5.74) is 3.79. The number of amides is 1. The van der Waals surface area contributed by atoms with Crippen LogP contribution in [0.1, 0.15) is 44.1 Å². The molecule has 0 aliphatic heterocycles. The van der Waals surface area contributed by atoms with Crippen LogP contribution in [0.15, 0.2) is 48.5 Å². The smallest absolute Gasteiger partial charge is 0.336 e. The highest BCUT2D eigenvalue weighted by atomic mass is 16.5. The maximum atomic E-state index is 12.3. The predicted molar refractivity (Wildman–Crippen MR) is 118 cm³/mol. The molecule has 1 aliphatic carbocycles. The second-order valence-electron chi connectivity index (χ2n) is 7.98. The predicted octanol–water partition coefficient (Wildman–Crippen LogP) is 5.16. The maximum absolute atomic E-state index is 12.3. The number of benzene rings is 2. The molecule has 1 aromatic heterocycles. The zero-order valence-corrected chi connectivity index (χ0v) is 17.6. The molecule has 156 valence electrons. The van der Waals surface area contributed by atoms with Crippen LogP contribution in [0.25, 0.3) is 17.1 Å². The van der Waals surface area contributed by atoms with Crippen LogP contribution >= 0.6 is 0 Å². The summed E-state index contributed by atoms with van der Waals surface area (Å²) in [4.78, 5) is 16.8. The minimum atomic E-state index is 0.0809. The molecule has 0 unspecified atom stereocenters. The second kappa shape index (κ2) is 9.11. The first kappa shape index (κ1) is 20.1. The molecule has 1 amide bonds. The molecule has 1 aliphatic rings. The van der Waals surface area contributed by atoms with Gasteiger partial charge in [0, 0.05) is 17.7 Å². The normalized spacial score (nSPS) is 14.1. The molecular formula is C24H28N4O2. The second-order valence-corrected chi connectivity index (χ2v) is 7.98. The van der Waals surface area contributed by atoms with Gasteiger partial charge in [-0.2, -0.15) is 4.98 Å². The molecule has 0 radical (unpaired) electrons. The van der Waals surface area contributed by atoms with Crippen LogP contribution in [0.5, 0.6) is 6.01 Å². The standard InChI is InChI=1S/C24H28N4O2/c1-17-7-10-19(11-8-17)23-26-24(30-2)27-28(23)21-14-12-20(13-15-21)25-22(29)16-9-18-5-3-4-6-18/h7-8,10-15,18H,3-6,9,16H2,1-2H3,(H,25,29). The lowest BCUT2D eigenvalue weighted by Crippen LogP contribution is -2.12. The summed E-state index contributed by atoms with van der Waals surface area (Å²) < 4.78 is 7.01. The lowest BCUT2D eigenvalue weighted by molar-refractivity contribution is -0.116. The van der Waals surface area contributed by atoms with E-state index < -0.39 is 0 Å². The van der Waals surface area contributed by atoms with Crippen LogP contribution in [-0.4, -0.2) is 27.8 Å². The summed E-state index contributed by atoms with van der Waals surface area (Å²) in [7, 11) is 1.56. The number of anilines is 1. The quantitative estimate of drug-likeness (QED) is 0.590. The molecule has 0 bridgehead atoms. The molecule has 30 heavy (non-hydrogen) atoms. The number of carbonyl (C=O) groups excluding carboxylic acids is 1. The van der Waals surface area contributed by atoms with Crippen LogP contribution in [0.2, 0.25) is 0 Å². The summed E-state index contributed by atoms with van der Waals surface area (Å²) in [6, 6.07) is 16.1. The van der Waals surface area contributed by atoms with E-state index in [1.165, 1.54) is 31.2 Å². The summed E-state index contributed by atoms with van der Waals surface area (Å²) in [5, 5.41) is 7.46. The van der Waals surface area contributed by atoms with Crippen LogP contribution in [0, 0.1) is 12.8 Å². The highest BCUT2D eigenvalue weighted by Crippen LogP contribution is 2.29. The van der Waals surface area contributed by atoms with E-state index >= 15 is 0 Å².